The summed E-state index contributed by atoms with van der Waals surface area (Å²) in [6.45, 7) is 3.87. The maximum Gasteiger partial charge on any atom is 0.313 e. The zero-order chi connectivity index (χ0) is 16.4. The van der Waals surface area contributed by atoms with Crippen LogP contribution in [0.2, 0.25) is 5.02 Å². The van der Waals surface area contributed by atoms with Crippen LogP contribution in [0.5, 0.6) is 0 Å². The average Bonchev–Trinajstić information content (AvgIpc) is 3.01. The van der Waals surface area contributed by atoms with Crippen LogP contribution in [0, 0.1) is 13.8 Å². The van der Waals surface area contributed by atoms with Gasteiger partial charge in [-0.1, -0.05) is 29.8 Å². The third-order valence-corrected chi connectivity index (χ3v) is 3.57. The first kappa shape index (κ1) is 15.2. The molecule has 0 spiro atoms. The van der Waals surface area contributed by atoms with Gasteiger partial charge >= 0.3 is 11.8 Å². The number of hydrogen-bond donors (Lipinski definition) is 1. The highest BCUT2D eigenvalue weighted by molar-refractivity contribution is 6.30. The molecule has 6 heteroatoms. The number of nitrogens with one attached hydrogen (secondary N) is 1. The molecule has 1 aromatic heterocycles. The monoisotopic (exact) mass is 327 g/mol. The summed E-state index contributed by atoms with van der Waals surface area (Å²) in [6.07, 6.45) is 0. The van der Waals surface area contributed by atoms with Gasteiger partial charge in [-0.25, -0.2) is 0 Å². The summed E-state index contributed by atoms with van der Waals surface area (Å²) in [4.78, 5) is 12.3. The minimum Gasteiger partial charge on any atom is -0.412 e. The van der Waals surface area contributed by atoms with Gasteiger partial charge in [0.25, 0.3) is 0 Å². The van der Waals surface area contributed by atoms with E-state index in [-0.39, 0.29) is 11.8 Å². The molecule has 3 aromatic rings. The van der Waals surface area contributed by atoms with Gasteiger partial charge in [-0.15, -0.1) is 10.2 Å². The van der Waals surface area contributed by atoms with Crippen LogP contribution in [-0.2, 0) is 0 Å². The Hall–Kier alpha value is -2.66. The Bertz CT molecular complexity index is 874. The molecule has 0 saturated heterocycles. The van der Waals surface area contributed by atoms with E-state index in [0.717, 1.165) is 16.8 Å². The van der Waals surface area contributed by atoms with Crippen molar-refractivity contribution in [2.45, 2.75) is 13.8 Å². The van der Waals surface area contributed by atoms with E-state index in [2.05, 4.69) is 15.5 Å². The molecule has 1 heterocycles. The molecular formula is C17H14ClN3O2. The minimum atomic E-state index is -0.445. The van der Waals surface area contributed by atoms with Gasteiger partial charge in [-0.2, -0.15) is 0 Å². The summed E-state index contributed by atoms with van der Waals surface area (Å²) in [5.41, 5.74) is 3.39. The van der Waals surface area contributed by atoms with E-state index in [9.17, 15) is 4.79 Å². The van der Waals surface area contributed by atoms with Gasteiger partial charge in [0.15, 0.2) is 0 Å². The molecule has 0 unspecified atom stereocenters. The van der Waals surface area contributed by atoms with E-state index in [4.69, 9.17) is 16.0 Å². The predicted molar refractivity (Wildman–Crippen MR) is 88.6 cm³/mol. The fourth-order valence-electron chi connectivity index (χ4n) is 2.10. The highest BCUT2D eigenvalue weighted by Gasteiger charge is 2.17. The quantitative estimate of drug-likeness (QED) is 0.780. The number of aromatic nitrogens is 2. The lowest BCUT2D eigenvalue weighted by atomic mass is 10.1. The standard InChI is InChI=1S/C17H14ClN3O2/c1-10-6-7-11(2)14(8-10)19-15(22)17-21-20-16(23-17)12-4-3-5-13(18)9-12/h3-9H,1-2H3,(H,19,22). The van der Waals surface area contributed by atoms with Crippen LogP contribution in [0.3, 0.4) is 0 Å². The molecule has 0 radical (unpaired) electrons. The lowest BCUT2D eigenvalue weighted by Crippen LogP contribution is -2.13. The molecule has 0 bridgehead atoms. The number of halogens is 1. The number of rotatable bonds is 3. The van der Waals surface area contributed by atoms with Crippen molar-refractivity contribution in [1.29, 1.82) is 0 Å². The van der Waals surface area contributed by atoms with E-state index >= 15 is 0 Å². The maximum atomic E-state index is 12.3. The van der Waals surface area contributed by atoms with Gasteiger partial charge in [0.1, 0.15) is 0 Å². The molecule has 0 aliphatic heterocycles. The zero-order valence-corrected chi connectivity index (χ0v) is 13.4. The SMILES string of the molecule is Cc1ccc(C)c(NC(=O)c2nnc(-c3cccc(Cl)c3)o2)c1. The molecule has 0 saturated carbocycles. The van der Waals surface area contributed by atoms with E-state index in [0.29, 0.717) is 10.6 Å². The molecule has 5 nitrogen and oxygen atoms in total. The molecule has 3 rings (SSSR count). The number of nitrogens with zero attached hydrogens (tertiary/aromatic N) is 2. The average molecular weight is 328 g/mol. The highest BCUT2D eigenvalue weighted by Crippen LogP contribution is 2.22. The first-order valence-corrected chi connectivity index (χ1v) is 7.39. The molecule has 1 N–H and O–H groups in total. The van der Waals surface area contributed by atoms with Gasteiger partial charge in [-0.3, -0.25) is 4.79 Å². The van der Waals surface area contributed by atoms with Crippen molar-refractivity contribution in [2.75, 3.05) is 5.32 Å². The Balaban J connectivity index is 1.82. The van der Waals surface area contributed by atoms with Crippen molar-refractivity contribution in [3.05, 3.63) is 64.5 Å². The normalized spacial score (nSPS) is 10.6. The summed E-state index contributed by atoms with van der Waals surface area (Å²) in [6, 6.07) is 12.8. The third kappa shape index (κ3) is 3.40. The van der Waals surface area contributed by atoms with Gasteiger partial charge in [0, 0.05) is 16.3 Å². The second kappa shape index (κ2) is 6.22. The fourth-order valence-corrected chi connectivity index (χ4v) is 2.29. The van der Waals surface area contributed by atoms with Gasteiger partial charge < -0.3 is 9.73 Å². The van der Waals surface area contributed by atoms with Crippen LogP contribution in [0.15, 0.2) is 46.9 Å². The molecule has 0 fully saturated rings. The van der Waals surface area contributed by atoms with E-state index in [1.807, 2.05) is 32.0 Å². The molecule has 0 aliphatic carbocycles. The number of carbonyl (C=O) groups is 1. The van der Waals surface area contributed by atoms with Gasteiger partial charge in [0.05, 0.1) is 0 Å². The number of amides is 1. The van der Waals surface area contributed by atoms with Crippen LogP contribution in [-0.4, -0.2) is 16.1 Å². The van der Waals surface area contributed by atoms with Crippen molar-refractivity contribution >= 4 is 23.2 Å². The van der Waals surface area contributed by atoms with Crippen molar-refractivity contribution in [3.63, 3.8) is 0 Å². The van der Waals surface area contributed by atoms with Crippen LogP contribution in [0.1, 0.15) is 21.8 Å². The number of benzene rings is 2. The Morgan fingerprint density at radius 3 is 2.74 bits per heavy atom. The Kier molecular flexibility index (Phi) is 4.12. The van der Waals surface area contributed by atoms with Gasteiger partial charge in [-0.05, 0) is 49.2 Å². The second-order valence-corrected chi connectivity index (χ2v) is 5.63. The zero-order valence-electron chi connectivity index (χ0n) is 12.6. The molecule has 1 amide bonds. The minimum absolute atomic E-state index is 0.0964. The molecule has 0 aliphatic rings. The van der Waals surface area contributed by atoms with Crippen molar-refractivity contribution < 1.29 is 9.21 Å². The molecule has 0 atom stereocenters. The number of hydrogen-bond acceptors (Lipinski definition) is 4. The van der Waals surface area contributed by atoms with Crippen LogP contribution < -0.4 is 5.32 Å². The largest absolute Gasteiger partial charge is 0.412 e. The summed E-state index contributed by atoms with van der Waals surface area (Å²) >= 11 is 5.93. The topological polar surface area (TPSA) is 68.0 Å². The first-order chi connectivity index (χ1) is 11.0. The van der Waals surface area contributed by atoms with E-state index in [1.165, 1.54) is 0 Å². The number of carbonyl (C=O) groups excluding carboxylic acids is 1. The third-order valence-electron chi connectivity index (χ3n) is 3.33. The van der Waals surface area contributed by atoms with E-state index < -0.39 is 5.91 Å². The van der Waals surface area contributed by atoms with E-state index in [1.54, 1.807) is 24.3 Å². The number of aryl methyl sites for hydroxylation is 2. The molecule has 2 aromatic carbocycles. The second-order valence-electron chi connectivity index (χ2n) is 5.20. The Labute approximate surface area is 138 Å². The first-order valence-electron chi connectivity index (χ1n) is 7.01. The van der Waals surface area contributed by atoms with Crippen molar-refractivity contribution in [2.24, 2.45) is 0 Å². The molecular weight excluding hydrogens is 314 g/mol. The van der Waals surface area contributed by atoms with Crippen molar-refractivity contribution in [1.82, 2.24) is 10.2 Å². The lowest BCUT2D eigenvalue weighted by Gasteiger charge is -2.07. The lowest BCUT2D eigenvalue weighted by molar-refractivity contribution is 0.0990. The van der Waals surface area contributed by atoms with Crippen LogP contribution >= 0.6 is 11.6 Å². The van der Waals surface area contributed by atoms with Crippen LogP contribution in [0.4, 0.5) is 5.69 Å². The van der Waals surface area contributed by atoms with Gasteiger partial charge in [0.2, 0.25) is 5.89 Å². The summed E-state index contributed by atoms with van der Waals surface area (Å²) in [5, 5.41) is 11.0. The summed E-state index contributed by atoms with van der Waals surface area (Å²) in [5.74, 6) is -0.293. The maximum absolute atomic E-state index is 12.3. The summed E-state index contributed by atoms with van der Waals surface area (Å²) < 4.78 is 5.44. The fraction of sp³-hybridized carbons (Fsp3) is 0.118. The molecule has 23 heavy (non-hydrogen) atoms. The van der Waals surface area contributed by atoms with Crippen LogP contribution in [0.25, 0.3) is 11.5 Å². The molecule has 116 valence electrons. The Morgan fingerprint density at radius 2 is 1.96 bits per heavy atom. The summed E-state index contributed by atoms with van der Waals surface area (Å²) in [7, 11) is 0. The Morgan fingerprint density at radius 1 is 1.13 bits per heavy atom. The number of anilines is 1. The van der Waals surface area contributed by atoms with Crippen molar-refractivity contribution in [3.8, 4) is 11.5 Å². The smallest absolute Gasteiger partial charge is 0.313 e. The predicted octanol–water partition coefficient (Wildman–Crippen LogP) is 4.26. The highest BCUT2D eigenvalue weighted by atomic mass is 35.5.